The summed E-state index contributed by atoms with van der Waals surface area (Å²) >= 11 is 0. The molecule has 0 saturated carbocycles. The molecule has 0 amide bonds. The third-order valence-corrected chi connectivity index (χ3v) is 9.81. The minimum Gasteiger partial charge on any atom is -0.480 e. The van der Waals surface area contributed by atoms with Crippen LogP contribution in [0.3, 0.4) is 0 Å². The van der Waals surface area contributed by atoms with Gasteiger partial charge < -0.3 is 25.2 Å². The number of nitrogens with two attached hydrogens (primary N) is 1. The van der Waals surface area contributed by atoms with Crippen LogP contribution in [0.5, 0.6) is 0 Å². The van der Waals surface area contributed by atoms with Crippen LogP contribution in [-0.4, -0.2) is 60.5 Å². The Morgan fingerprint density at radius 3 is 1.39 bits per heavy atom. The average molecular weight is 846 g/mol. The number of rotatable bonds is 41. The first kappa shape index (κ1) is 55.9. The van der Waals surface area contributed by atoms with Crippen LogP contribution in [0, 0.1) is 0 Å². The highest BCUT2D eigenvalue weighted by Gasteiger charge is 2.27. The number of aliphatic carboxylic acids is 1. The molecule has 0 heterocycles. The summed E-state index contributed by atoms with van der Waals surface area (Å²) in [6.07, 6.45) is 56.0. The highest BCUT2D eigenvalue weighted by atomic mass is 31.2. The number of phosphoric acid groups is 1. The van der Waals surface area contributed by atoms with Crippen LogP contribution in [0.25, 0.3) is 0 Å². The first-order valence-corrected chi connectivity index (χ1v) is 23.8. The van der Waals surface area contributed by atoms with E-state index in [4.69, 9.17) is 29.4 Å². The molecule has 336 valence electrons. The maximum absolute atomic E-state index is 12.7. The van der Waals surface area contributed by atoms with Crippen LogP contribution in [0.15, 0.2) is 97.2 Å². The third kappa shape index (κ3) is 42.8. The molecule has 0 fully saturated rings. The molecule has 4 N–H and O–H groups in total. The molecule has 3 unspecified atom stereocenters. The number of carbonyl (C=O) groups is 2. The highest BCUT2D eigenvalue weighted by Crippen LogP contribution is 2.43. The molecule has 0 aliphatic carbocycles. The fraction of sp³-hybridized carbons (Fsp3) is 0.625. The number of ether oxygens (including phenoxy) is 2. The van der Waals surface area contributed by atoms with E-state index < -0.39 is 45.1 Å². The average Bonchev–Trinajstić information content (AvgIpc) is 3.21. The van der Waals surface area contributed by atoms with Gasteiger partial charge in [0.1, 0.15) is 12.1 Å². The van der Waals surface area contributed by atoms with Crippen LogP contribution in [0.1, 0.15) is 155 Å². The Bertz CT molecular complexity index is 1300. The Hall–Kier alpha value is -3.11. The molecule has 0 aliphatic rings. The zero-order valence-electron chi connectivity index (χ0n) is 36.6. The lowest BCUT2D eigenvalue weighted by molar-refractivity contribution is -0.154. The third-order valence-electron chi connectivity index (χ3n) is 8.86. The number of carbonyl (C=O) groups excluding carboxylic acids is 1. The predicted molar refractivity (Wildman–Crippen MR) is 244 cm³/mol. The number of unbranched alkanes of at least 4 members (excludes halogenated alkanes) is 11. The molecule has 10 nitrogen and oxygen atoms in total. The maximum atomic E-state index is 12.7. The van der Waals surface area contributed by atoms with Crippen LogP contribution in [0.4, 0.5) is 0 Å². The van der Waals surface area contributed by atoms with Gasteiger partial charge in [0.05, 0.1) is 19.8 Å². The molecule has 0 saturated heterocycles. The fourth-order valence-corrected chi connectivity index (χ4v) is 6.24. The first-order valence-electron chi connectivity index (χ1n) is 22.3. The number of esters is 1. The van der Waals surface area contributed by atoms with E-state index in [-0.39, 0.29) is 13.0 Å². The zero-order valence-corrected chi connectivity index (χ0v) is 37.4. The van der Waals surface area contributed by atoms with Gasteiger partial charge in [0.25, 0.3) is 0 Å². The molecule has 3 atom stereocenters. The molecule has 0 bridgehead atoms. The maximum Gasteiger partial charge on any atom is 0.472 e. The summed E-state index contributed by atoms with van der Waals surface area (Å²) in [5.74, 6) is -1.81. The number of allylic oxidation sites excluding steroid dienone is 16. The van der Waals surface area contributed by atoms with Crippen molar-refractivity contribution in [2.45, 2.75) is 167 Å². The number of hydrogen-bond donors (Lipinski definition) is 3. The van der Waals surface area contributed by atoms with E-state index in [2.05, 4.69) is 111 Å². The number of carboxylic acid groups (broad SMARTS) is 1. The van der Waals surface area contributed by atoms with Crippen molar-refractivity contribution in [1.29, 1.82) is 0 Å². The van der Waals surface area contributed by atoms with E-state index in [1.807, 2.05) is 0 Å². The summed E-state index contributed by atoms with van der Waals surface area (Å²) in [6.45, 7) is 3.58. The van der Waals surface area contributed by atoms with Crippen molar-refractivity contribution in [3.05, 3.63) is 97.2 Å². The first-order chi connectivity index (χ1) is 28.7. The van der Waals surface area contributed by atoms with E-state index in [1.165, 1.54) is 12.8 Å². The molecular formula is C48H80NO9P. The molecule has 0 rings (SSSR count). The fourth-order valence-electron chi connectivity index (χ4n) is 5.47. The summed E-state index contributed by atoms with van der Waals surface area (Å²) in [5, 5.41) is 8.90. The van der Waals surface area contributed by atoms with Crippen LogP contribution >= 0.6 is 7.82 Å². The second-order valence-corrected chi connectivity index (χ2v) is 15.9. The summed E-state index contributed by atoms with van der Waals surface area (Å²) in [6, 6.07) is -1.48. The van der Waals surface area contributed by atoms with Crippen molar-refractivity contribution in [1.82, 2.24) is 0 Å². The van der Waals surface area contributed by atoms with Gasteiger partial charge in [0.15, 0.2) is 0 Å². The lowest BCUT2D eigenvalue weighted by atomic mass is 10.1. The molecule has 0 aromatic rings. The molecule has 0 aromatic carbocycles. The van der Waals surface area contributed by atoms with Crippen molar-refractivity contribution >= 4 is 19.8 Å². The van der Waals surface area contributed by atoms with Crippen LogP contribution < -0.4 is 5.73 Å². The lowest BCUT2D eigenvalue weighted by Crippen LogP contribution is -2.34. The number of phosphoric ester groups is 1. The standard InChI is InChI=1S/C48H80NO9P/c1-3-5-7-9-11-13-15-17-19-21-22-23-24-25-26-28-30-32-34-36-38-40-47(50)58-45(43-56-59(53,54)57-44-46(49)48(51)52)42-55-41-39-37-35-33-31-29-27-20-18-16-14-12-10-8-6-4-2/h5-8,11-14,17-20,22-23,25-26,45-46H,3-4,9-10,15-16,21,24,27-44,49H2,1-2H3,(H,51,52)(H,53,54)/b7-5-,8-6-,13-11-,14-12-,19-17-,20-18-,23-22-,26-25-. The SMILES string of the molecule is CC/C=C\C/C=C\C/C=C\C/C=C\C/C=C\CCCCCCCC(=O)OC(COCCCCCCCC/C=C\C/C=C\C/C=C\CC)COP(=O)(O)OCC(N)C(=O)O. The number of carboxylic acids is 1. The lowest BCUT2D eigenvalue weighted by Gasteiger charge is -2.20. The van der Waals surface area contributed by atoms with Gasteiger partial charge in [-0.05, 0) is 89.9 Å². The molecule has 59 heavy (non-hydrogen) atoms. The Kier molecular flexibility index (Phi) is 40.7. The zero-order chi connectivity index (χ0) is 43.3. The monoisotopic (exact) mass is 846 g/mol. The van der Waals surface area contributed by atoms with E-state index in [0.717, 1.165) is 116 Å². The molecule has 0 aromatic heterocycles. The number of hydrogen-bond acceptors (Lipinski definition) is 8. The van der Waals surface area contributed by atoms with Crippen molar-refractivity contribution in [3.8, 4) is 0 Å². The molecule has 0 radical (unpaired) electrons. The van der Waals surface area contributed by atoms with Crippen LogP contribution in [-0.2, 0) is 32.7 Å². The van der Waals surface area contributed by atoms with Gasteiger partial charge in [0, 0.05) is 13.0 Å². The minimum absolute atomic E-state index is 0.00680. The Morgan fingerprint density at radius 2 is 0.932 bits per heavy atom. The van der Waals surface area contributed by atoms with E-state index >= 15 is 0 Å². The Labute approximate surface area is 358 Å². The van der Waals surface area contributed by atoms with Crippen molar-refractivity contribution in [2.75, 3.05) is 26.4 Å². The van der Waals surface area contributed by atoms with Gasteiger partial charge in [-0.15, -0.1) is 0 Å². The smallest absolute Gasteiger partial charge is 0.472 e. The van der Waals surface area contributed by atoms with E-state index in [1.54, 1.807) is 0 Å². The minimum atomic E-state index is -4.63. The largest absolute Gasteiger partial charge is 0.480 e. The van der Waals surface area contributed by atoms with Gasteiger partial charge in [-0.3, -0.25) is 18.6 Å². The second kappa shape index (κ2) is 43.0. The molecule has 11 heteroatoms. The Balaban J connectivity index is 4.31. The molecule has 0 spiro atoms. The summed E-state index contributed by atoms with van der Waals surface area (Å²) in [7, 11) is -4.63. The van der Waals surface area contributed by atoms with Crippen molar-refractivity contribution < 1.29 is 42.7 Å². The quantitative estimate of drug-likeness (QED) is 0.0234. The summed E-state index contributed by atoms with van der Waals surface area (Å²) in [4.78, 5) is 33.6. The van der Waals surface area contributed by atoms with Crippen LogP contribution in [0.2, 0.25) is 0 Å². The van der Waals surface area contributed by atoms with Gasteiger partial charge in [-0.1, -0.05) is 156 Å². The summed E-state index contributed by atoms with van der Waals surface area (Å²) < 4.78 is 33.3. The highest BCUT2D eigenvalue weighted by molar-refractivity contribution is 7.47. The Morgan fingerprint density at radius 1 is 0.542 bits per heavy atom. The van der Waals surface area contributed by atoms with E-state index in [0.29, 0.717) is 13.0 Å². The molecule has 0 aliphatic heterocycles. The van der Waals surface area contributed by atoms with Gasteiger partial charge in [-0.2, -0.15) is 0 Å². The topological polar surface area (TPSA) is 155 Å². The summed E-state index contributed by atoms with van der Waals surface area (Å²) in [5.41, 5.74) is 5.36. The van der Waals surface area contributed by atoms with Crippen molar-refractivity contribution in [2.24, 2.45) is 5.73 Å². The molecular weight excluding hydrogens is 766 g/mol. The van der Waals surface area contributed by atoms with E-state index in [9.17, 15) is 19.0 Å². The van der Waals surface area contributed by atoms with Gasteiger partial charge in [-0.25, -0.2) is 4.57 Å². The second-order valence-electron chi connectivity index (χ2n) is 14.4. The predicted octanol–water partition coefficient (Wildman–Crippen LogP) is 12.5. The van der Waals surface area contributed by atoms with Gasteiger partial charge in [0.2, 0.25) is 0 Å². The normalized spacial score (nSPS) is 14.8. The van der Waals surface area contributed by atoms with Gasteiger partial charge >= 0.3 is 19.8 Å². The van der Waals surface area contributed by atoms with Crippen molar-refractivity contribution in [3.63, 3.8) is 0 Å².